The molecule has 5 heteroatoms. The summed E-state index contributed by atoms with van der Waals surface area (Å²) in [6.07, 6.45) is 3.68. The SMILES string of the molecule is O=C1Nc2c(Br)cc(Br)cc2C1=Cc1ccnc2ccccc12. The van der Waals surface area contributed by atoms with Gasteiger partial charge >= 0.3 is 0 Å². The van der Waals surface area contributed by atoms with Gasteiger partial charge in [0.25, 0.3) is 5.91 Å². The van der Waals surface area contributed by atoms with Gasteiger partial charge in [0, 0.05) is 31.7 Å². The highest BCUT2D eigenvalue weighted by Crippen LogP contribution is 2.40. The lowest BCUT2D eigenvalue weighted by atomic mass is 10.0. The molecule has 3 aromatic rings. The van der Waals surface area contributed by atoms with Gasteiger partial charge in [-0.1, -0.05) is 34.1 Å². The fraction of sp³-hybridized carbons (Fsp3) is 0. The number of hydrogen-bond donors (Lipinski definition) is 1. The van der Waals surface area contributed by atoms with Crippen LogP contribution in [0.3, 0.4) is 0 Å². The van der Waals surface area contributed by atoms with Crippen LogP contribution in [0.2, 0.25) is 0 Å². The van der Waals surface area contributed by atoms with Gasteiger partial charge in [0.15, 0.2) is 0 Å². The number of carbonyl (C=O) groups excluding carboxylic acids is 1. The number of para-hydroxylation sites is 1. The van der Waals surface area contributed by atoms with E-state index in [1.165, 1.54) is 0 Å². The molecule has 0 atom stereocenters. The Kier molecular flexibility index (Phi) is 3.54. The third kappa shape index (κ3) is 2.50. The largest absolute Gasteiger partial charge is 0.320 e. The molecule has 0 bridgehead atoms. The number of hydrogen-bond acceptors (Lipinski definition) is 2. The van der Waals surface area contributed by atoms with Crippen molar-refractivity contribution in [1.29, 1.82) is 0 Å². The minimum Gasteiger partial charge on any atom is -0.320 e. The third-order valence-electron chi connectivity index (χ3n) is 3.81. The van der Waals surface area contributed by atoms with Crippen molar-refractivity contribution >= 4 is 66.0 Å². The Hall–Kier alpha value is -1.98. The smallest absolute Gasteiger partial charge is 0.256 e. The first-order valence-corrected chi connectivity index (χ1v) is 8.58. The molecular weight excluding hydrogens is 420 g/mol. The third-order valence-corrected chi connectivity index (χ3v) is 4.89. The van der Waals surface area contributed by atoms with Crippen molar-refractivity contribution in [2.75, 3.05) is 5.32 Å². The predicted octanol–water partition coefficient (Wildman–Crippen LogP) is 5.25. The van der Waals surface area contributed by atoms with E-state index in [1.807, 2.05) is 48.5 Å². The van der Waals surface area contributed by atoms with Crippen LogP contribution in [0.25, 0.3) is 22.6 Å². The molecule has 1 aliphatic heterocycles. The van der Waals surface area contributed by atoms with Crippen LogP contribution in [-0.4, -0.2) is 10.9 Å². The molecule has 1 N–H and O–H groups in total. The first-order chi connectivity index (χ1) is 11.1. The van der Waals surface area contributed by atoms with E-state index < -0.39 is 0 Å². The van der Waals surface area contributed by atoms with E-state index >= 15 is 0 Å². The fourth-order valence-electron chi connectivity index (χ4n) is 2.76. The second kappa shape index (κ2) is 5.58. The minimum absolute atomic E-state index is 0.0975. The van der Waals surface area contributed by atoms with Crippen LogP contribution < -0.4 is 5.32 Å². The second-order valence-electron chi connectivity index (χ2n) is 5.24. The zero-order chi connectivity index (χ0) is 16.0. The number of fused-ring (bicyclic) bond motifs is 2. The zero-order valence-corrected chi connectivity index (χ0v) is 15.0. The average molecular weight is 430 g/mol. The maximum Gasteiger partial charge on any atom is 0.256 e. The molecule has 1 aliphatic rings. The number of aromatic nitrogens is 1. The predicted molar refractivity (Wildman–Crippen MR) is 100 cm³/mol. The topological polar surface area (TPSA) is 42.0 Å². The first-order valence-electron chi connectivity index (χ1n) is 7.00. The van der Waals surface area contributed by atoms with Crippen LogP contribution in [0.5, 0.6) is 0 Å². The molecular formula is C18H10Br2N2O. The van der Waals surface area contributed by atoms with Crippen molar-refractivity contribution in [2.24, 2.45) is 0 Å². The lowest BCUT2D eigenvalue weighted by Crippen LogP contribution is -2.03. The first kappa shape index (κ1) is 14.6. The number of nitrogens with zero attached hydrogens (tertiary/aromatic N) is 1. The number of anilines is 1. The van der Waals surface area contributed by atoms with Gasteiger partial charge in [-0.05, 0) is 51.8 Å². The second-order valence-corrected chi connectivity index (χ2v) is 7.01. The number of nitrogens with one attached hydrogen (secondary N) is 1. The molecule has 1 aromatic heterocycles. The summed E-state index contributed by atoms with van der Waals surface area (Å²) in [6.45, 7) is 0. The molecule has 0 saturated carbocycles. The van der Waals surface area contributed by atoms with Crippen molar-refractivity contribution in [3.63, 3.8) is 0 Å². The Labute approximate surface area is 149 Å². The Bertz CT molecular complexity index is 990. The molecule has 0 aliphatic carbocycles. The number of halogens is 2. The lowest BCUT2D eigenvalue weighted by molar-refractivity contribution is -0.110. The zero-order valence-electron chi connectivity index (χ0n) is 11.8. The van der Waals surface area contributed by atoms with Gasteiger partial charge in [-0.25, -0.2) is 0 Å². The Balaban J connectivity index is 1.94. The van der Waals surface area contributed by atoms with Gasteiger partial charge in [0.2, 0.25) is 0 Å². The van der Waals surface area contributed by atoms with Gasteiger partial charge in [-0.15, -0.1) is 0 Å². The van der Waals surface area contributed by atoms with Gasteiger partial charge in [0.05, 0.1) is 11.2 Å². The van der Waals surface area contributed by atoms with E-state index in [-0.39, 0.29) is 5.91 Å². The average Bonchev–Trinajstić information content (AvgIpc) is 2.85. The summed E-state index contributed by atoms with van der Waals surface area (Å²) in [6, 6.07) is 13.7. The quantitative estimate of drug-likeness (QED) is 0.536. The molecule has 2 heterocycles. The van der Waals surface area contributed by atoms with Crippen molar-refractivity contribution in [2.45, 2.75) is 0 Å². The molecule has 4 rings (SSSR count). The normalized spacial score (nSPS) is 15.0. The van der Waals surface area contributed by atoms with Gasteiger partial charge in [-0.2, -0.15) is 0 Å². The number of carbonyl (C=O) groups is 1. The van der Waals surface area contributed by atoms with Crippen LogP contribution in [0.4, 0.5) is 5.69 Å². The van der Waals surface area contributed by atoms with Crippen LogP contribution in [0.1, 0.15) is 11.1 Å². The summed E-state index contributed by atoms with van der Waals surface area (Å²) in [4.78, 5) is 16.8. The van der Waals surface area contributed by atoms with Crippen molar-refractivity contribution in [1.82, 2.24) is 4.98 Å². The Morgan fingerprint density at radius 3 is 2.78 bits per heavy atom. The summed E-state index contributed by atoms with van der Waals surface area (Å²) >= 11 is 6.98. The highest BCUT2D eigenvalue weighted by Gasteiger charge is 2.26. The monoisotopic (exact) mass is 428 g/mol. The summed E-state index contributed by atoms with van der Waals surface area (Å²) in [7, 11) is 0. The van der Waals surface area contributed by atoms with E-state index in [0.717, 1.165) is 36.7 Å². The van der Waals surface area contributed by atoms with Gasteiger partial charge in [0.1, 0.15) is 0 Å². The maximum atomic E-state index is 12.4. The van der Waals surface area contributed by atoms with E-state index in [4.69, 9.17) is 0 Å². The Morgan fingerprint density at radius 1 is 1.09 bits per heavy atom. The highest BCUT2D eigenvalue weighted by molar-refractivity contribution is 9.11. The molecule has 2 aromatic carbocycles. The van der Waals surface area contributed by atoms with Gasteiger partial charge < -0.3 is 5.32 Å². The van der Waals surface area contributed by atoms with Crippen LogP contribution in [0.15, 0.2) is 57.6 Å². The van der Waals surface area contributed by atoms with Crippen molar-refractivity contribution in [3.8, 4) is 0 Å². The molecule has 0 radical (unpaired) electrons. The fourth-order valence-corrected chi connectivity index (χ4v) is 4.08. The molecule has 0 fully saturated rings. The van der Waals surface area contributed by atoms with E-state index in [0.29, 0.717) is 5.57 Å². The van der Waals surface area contributed by atoms with E-state index in [9.17, 15) is 4.79 Å². The van der Waals surface area contributed by atoms with Crippen LogP contribution in [0, 0.1) is 0 Å². The van der Waals surface area contributed by atoms with E-state index in [2.05, 4.69) is 42.2 Å². The number of rotatable bonds is 1. The molecule has 0 spiro atoms. The molecule has 23 heavy (non-hydrogen) atoms. The molecule has 0 saturated heterocycles. The van der Waals surface area contributed by atoms with Crippen LogP contribution >= 0.6 is 31.9 Å². The highest BCUT2D eigenvalue weighted by atomic mass is 79.9. The molecule has 3 nitrogen and oxygen atoms in total. The van der Waals surface area contributed by atoms with Crippen molar-refractivity contribution in [3.05, 3.63) is 68.7 Å². The summed E-state index contributed by atoms with van der Waals surface area (Å²) in [5.41, 5.74) is 4.24. The summed E-state index contributed by atoms with van der Waals surface area (Å²) in [5.74, 6) is -0.0975. The molecule has 1 amide bonds. The number of amides is 1. The molecule has 112 valence electrons. The number of benzene rings is 2. The maximum absolute atomic E-state index is 12.4. The van der Waals surface area contributed by atoms with Crippen LogP contribution in [-0.2, 0) is 4.79 Å². The molecule has 0 unspecified atom stereocenters. The lowest BCUT2D eigenvalue weighted by Gasteiger charge is -2.04. The summed E-state index contributed by atoms with van der Waals surface area (Å²) < 4.78 is 1.78. The summed E-state index contributed by atoms with van der Waals surface area (Å²) in [5, 5.41) is 3.95. The Morgan fingerprint density at radius 2 is 1.91 bits per heavy atom. The minimum atomic E-state index is -0.0975. The van der Waals surface area contributed by atoms with E-state index in [1.54, 1.807) is 6.20 Å². The number of pyridine rings is 1. The van der Waals surface area contributed by atoms with Gasteiger partial charge in [-0.3, -0.25) is 9.78 Å². The standard InChI is InChI=1S/C18H10Br2N2O/c19-11-8-13-14(18(23)22-17(13)15(20)9-11)7-10-5-6-21-16-4-2-1-3-12(10)16/h1-9H,(H,22,23). The van der Waals surface area contributed by atoms with Crippen molar-refractivity contribution < 1.29 is 4.79 Å².